The zero-order chi connectivity index (χ0) is 15.0. The number of aromatic nitrogens is 2. The SMILES string of the molecule is CC(C)c1ccc2ncnc(N3C[C@@H](C)N[C@@H](C)C3)c2c1. The van der Waals surface area contributed by atoms with Gasteiger partial charge in [-0.3, -0.25) is 0 Å². The van der Waals surface area contributed by atoms with Crippen molar-refractivity contribution in [2.75, 3.05) is 18.0 Å². The number of hydrogen-bond acceptors (Lipinski definition) is 4. The molecular formula is C17H24N4. The van der Waals surface area contributed by atoms with Crippen LogP contribution in [0, 0.1) is 0 Å². The third-order valence-corrected chi connectivity index (χ3v) is 4.16. The maximum atomic E-state index is 4.59. The van der Waals surface area contributed by atoms with E-state index in [0.29, 0.717) is 18.0 Å². The summed E-state index contributed by atoms with van der Waals surface area (Å²) >= 11 is 0. The van der Waals surface area contributed by atoms with E-state index in [0.717, 1.165) is 24.4 Å². The van der Waals surface area contributed by atoms with Gasteiger partial charge in [0.15, 0.2) is 0 Å². The molecule has 0 bridgehead atoms. The molecule has 1 aliphatic rings. The van der Waals surface area contributed by atoms with E-state index >= 15 is 0 Å². The molecule has 0 amide bonds. The van der Waals surface area contributed by atoms with Gasteiger partial charge in [-0.05, 0) is 37.5 Å². The van der Waals surface area contributed by atoms with Crippen LogP contribution in [0.2, 0.25) is 0 Å². The van der Waals surface area contributed by atoms with Crippen LogP contribution in [0.1, 0.15) is 39.2 Å². The lowest BCUT2D eigenvalue weighted by atomic mass is 10.0. The van der Waals surface area contributed by atoms with Crippen molar-refractivity contribution in [3.8, 4) is 0 Å². The van der Waals surface area contributed by atoms with Gasteiger partial charge >= 0.3 is 0 Å². The quantitative estimate of drug-likeness (QED) is 0.920. The van der Waals surface area contributed by atoms with Crippen LogP contribution in [0.4, 0.5) is 5.82 Å². The lowest BCUT2D eigenvalue weighted by Gasteiger charge is -2.37. The van der Waals surface area contributed by atoms with Crippen molar-refractivity contribution in [2.45, 2.75) is 45.7 Å². The van der Waals surface area contributed by atoms with Crippen molar-refractivity contribution in [2.24, 2.45) is 0 Å². The number of piperazine rings is 1. The van der Waals surface area contributed by atoms with Crippen LogP contribution in [0.5, 0.6) is 0 Å². The smallest absolute Gasteiger partial charge is 0.139 e. The van der Waals surface area contributed by atoms with E-state index in [1.807, 2.05) is 0 Å². The van der Waals surface area contributed by atoms with Crippen molar-refractivity contribution in [3.05, 3.63) is 30.1 Å². The molecule has 0 saturated carbocycles. The van der Waals surface area contributed by atoms with Gasteiger partial charge in [-0.15, -0.1) is 0 Å². The number of hydrogen-bond donors (Lipinski definition) is 1. The minimum absolute atomic E-state index is 0.479. The molecule has 1 aromatic carbocycles. The van der Waals surface area contributed by atoms with E-state index in [1.165, 1.54) is 10.9 Å². The van der Waals surface area contributed by atoms with Crippen molar-refractivity contribution in [3.63, 3.8) is 0 Å². The summed E-state index contributed by atoms with van der Waals surface area (Å²) in [6, 6.07) is 7.50. The van der Waals surface area contributed by atoms with Crippen molar-refractivity contribution >= 4 is 16.7 Å². The summed E-state index contributed by atoms with van der Waals surface area (Å²) < 4.78 is 0. The number of benzene rings is 1. The molecule has 0 spiro atoms. The maximum absolute atomic E-state index is 4.59. The summed E-state index contributed by atoms with van der Waals surface area (Å²) in [6.07, 6.45) is 1.68. The van der Waals surface area contributed by atoms with Gasteiger partial charge in [0.25, 0.3) is 0 Å². The molecule has 1 aliphatic heterocycles. The molecule has 112 valence electrons. The van der Waals surface area contributed by atoms with E-state index < -0.39 is 0 Å². The first-order valence-corrected chi connectivity index (χ1v) is 7.80. The summed E-state index contributed by atoms with van der Waals surface area (Å²) in [6.45, 7) is 10.9. The van der Waals surface area contributed by atoms with Gasteiger partial charge in [-0.2, -0.15) is 0 Å². The van der Waals surface area contributed by atoms with Crippen molar-refractivity contribution in [1.82, 2.24) is 15.3 Å². The third kappa shape index (κ3) is 2.86. The second-order valence-electron chi connectivity index (χ2n) is 6.50. The lowest BCUT2D eigenvalue weighted by molar-refractivity contribution is 0.406. The normalized spacial score (nSPS) is 23.0. The number of fused-ring (bicyclic) bond motifs is 1. The Kier molecular flexibility index (Phi) is 3.81. The summed E-state index contributed by atoms with van der Waals surface area (Å²) in [5.74, 6) is 1.59. The van der Waals surface area contributed by atoms with Gasteiger partial charge in [0.05, 0.1) is 5.52 Å². The largest absolute Gasteiger partial charge is 0.353 e. The Labute approximate surface area is 126 Å². The first kappa shape index (κ1) is 14.3. The van der Waals surface area contributed by atoms with Crippen LogP contribution in [-0.4, -0.2) is 35.1 Å². The van der Waals surface area contributed by atoms with Crippen LogP contribution in [-0.2, 0) is 0 Å². The van der Waals surface area contributed by atoms with Crippen LogP contribution in [0.25, 0.3) is 10.9 Å². The molecule has 0 aliphatic carbocycles. The van der Waals surface area contributed by atoms with Crippen LogP contribution in [0.15, 0.2) is 24.5 Å². The fraction of sp³-hybridized carbons (Fsp3) is 0.529. The number of nitrogens with one attached hydrogen (secondary N) is 1. The van der Waals surface area contributed by atoms with E-state index in [9.17, 15) is 0 Å². The zero-order valence-corrected chi connectivity index (χ0v) is 13.3. The molecule has 2 atom stereocenters. The predicted molar refractivity (Wildman–Crippen MR) is 87.9 cm³/mol. The highest BCUT2D eigenvalue weighted by Gasteiger charge is 2.23. The van der Waals surface area contributed by atoms with Crippen LogP contribution < -0.4 is 10.2 Å². The molecule has 1 fully saturated rings. The second-order valence-corrected chi connectivity index (χ2v) is 6.50. The van der Waals surface area contributed by atoms with Gasteiger partial charge in [-0.1, -0.05) is 19.9 Å². The van der Waals surface area contributed by atoms with E-state index in [-0.39, 0.29) is 0 Å². The molecule has 21 heavy (non-hydrogen) atoms. The zero-order valence-electron chi connectivity index (χ0n) is 13.3. The fourth-order valence-electron chi connectivity index (χ4n) is 3.17. The Hall–Kier alpha value is -1.68. The van der Waals surface area contributed by atoms with Gasteiger partial charge in [0.2, 0.25) is 0 Å². The Morgan fingerprint density at radius 3 is 2.52 bits per heavy atom. The molecule has 2 aromatic rings. The highest BCUT2D eigenvalue weighted by molar-refractivity contribution is 5.90. The molecule has 4 heteroatoms. The molecule has 2 heterocycles. The highest BCUT2D eigenvalue weighted by Crippen LogP contribution is 2.27. The average molecular weight is 284 g/mol. The van der Waals surface area contributed by atoms with Gasteiger partial charge in [0, 0.05) is 30.6 Å². The topological polar surface area (TPSA) is 41.1 Å². The third-order valence-electron chi connectivity index (χ3n) is 4.16. The number of anilines is 1. The monoisotopic (exact) mass is 284 g/mol. The Morgan fingerprint density at radius 1 is 1.14 bits per heavy atom. The van der Waals surface area contributed by atoms with Gasteiger partial charge in [-0.25, -0.2) is 9.97 Å². The molecule has 1 N–H and O–H groups in total. The van der Waals surface area contributed by atoms with Crippen molar-refractivity contribution < 1.29 is 0 Å². The van der Waals surface area contributed by atoms with Crippen molar-refractivity contribution in [1.29, 1.82) is 0 Å². The molecule has 1 aromatic heterocycles. The predicted octanol–water partition coefficient (Wildman–Crippen LogP) is 2.94. The lowest BCUT2D eigenvalue weighted by Crippen LogP contribution is -2.54. The molecule has 3 rings (SSSR count). The second kappa shape index (κ2) is 5.60. The molecule has 4 nitrogen and oxygen atoms in total. The summed E-state index contributed by atoms with van der Waals surface area (Å²) in [4.78, 5) is 11.4. The van der Waals surface area contributed by atoms with Crippen LogP contribution >= 0.6 is 0 Å². The summed E-state index contributed by atoms with van der Waals surface area (Å²) in [5.41, 5.74) is 2.37. The first-order valence-electron chi connectivity index (χ1n) is 7.80. The Morgan fingerprint density at radius 2 is 1.86 bits per heavy atom. The standard InChI is InChI=1S/C17H24N4/c1-11(2)14-5-6-16-15(7-14)17(19-10-18-16)21-8-12(3)20-13(4)9-21/h5-7,10-13,20H,8-9H2,1-4H3/t12-,13+. The summed E-state index contributed by atoms with van der Waals surface area (Å²) in [7, 11) is 0. The molecule has 0 radical (unpaired) electrons. The van der Waals surface area contributed by atoms with E-state index in [4.69, 9.17) is 0 Å². The number of nitrogens with zero attached hydrogens (tertiary/aromatic N) is 3. The van der Waals surface area contributed by atoms with Crippen LogP contribution in [0.3, 0.4) is 0 Å². The Bertz CT molecular complexity index is 628. The summed E-state index contributed by atoms with van der Waals surface area (Å²) in [5, 5.41) is 4.74. The van der Waals surface area contributed by atoms with E-state index in [1.54, 1.807) is 6.33 Å². The van der Waals surface area contributed by atoms with Gasteiger partial charge in [0.1, 0.15) is 12.1 Å². The fourth-order valence-corrected chi connectivity index (χ4v) is 3.17. The molecule has 0 unspecified atom stereocenters. The molecular weight excluding hydrogens is 260 g/mol. The molecule has 1 saturated heterocycles. The van der Waals surface area contributed by atoms with Gasteiger partial charge < -0.3 is 10.2 Å². The average Bonchev–Trinajstić information content (AvgIpc) is 2.45. The minimum Gasteiger partial charge on any atom is -0.353 e. The minimum atomic E-state index is 0.479. The highest BCUT2D eigenvalue weighted by atomic mass is 15.3. The first-order chi connectivity index (χ1) is 10.0. The maximum Gasteiger partial charge on any atom is 0.139 e. The Balaban J connectivity index is 2.06. The van der Waals surface area contributed by atoms with E-state index in [2.05, 4.69) is 66.1 Å². The number of rotatable bonds is 2.